The van der Waals surface area contributed by atoms with Gasteiger partial charge in [-0.25, -0.2) is 0 Å². The molecule has 2 aromatic carbocycles. The van der Waals surface area contributed by atoms with Crippen molar-refractivity contribution in [2.24, 2.45) is 0 Å². The summed E-state index contributed by atoms with van der Waals surface area (Å²) in [6.45, 7) is 5.05. The summed E-state index contributed by atoms with van der Waals surface area (Å²) < 4.78 is 18.0. The van der Waals surface area contributed by atoms with E-state index in [1.165, 1.54) is 11.1 Å². The molecule has 30 heavy (non-hydrogen) atoms. The molecule has 0 aromatic heterocycles. The van der Waals surface area contributed by atoms with Crippen molar-refractivity contribution in [2.75, 3.05) is 25.1 Å². The fraction of sp³-hybridized carbons (Fsp3) is 0.458. The van der Waals surface area contributed by atoms with Crippen LogP contribution in [0.5, 0.6) is 0 Å². The number of amides is 1. The highest BCUT2D eigenvalue weighted by Gasteiger charge is 2.25. The van der Waals surface area contributed by atoms with Crippen LogP contribution in [0.2, 0.25) is 0 Å². The lowest BCUT2D eigenvalue weighted by Gasteiger charge is -2.32. The van der Waals surface area contributed by atoms with Gasteiger partial charge < -0.3 is 10.1 Å². The highest BCUT2D eigenvalue weighted by molar-refractivity contribution is 7.84. The average molecular weight is 427 g/mol. The largest absolute Gasteiger partial charge is 0.381 e. The highest BCUT2D eigenvalue weighted by atomic mass is 32.2. The second kappa shape index (κ2) is 9.86. The maximum atomic E-state index is 12.9. The Morgan fingerprint density at radius 1 is 1.17 bits per heavy atom. The van der Waals surface area contributed by atoms with Gasteiger partial charge in [0.25, 0.3) is 0 Å². The van der Waals surface area contributed by atoms with Gasteiger partial charge >= 0.3 is 0 Å². The molecule has 2 unspecified atom stereocenters. The maximum Gasteiger partial charge on any atom is 0.241 e. The van der Waals surface area contributed by atoms with Crippen molar-refractivity contribution in [3.63, 3.8) is 0 Å². The lowest BCUT2D eigenvalue weighted by atomic mass is 9.99. The molecule has 0 saturated carbocycles. The summed E-state index contributed by atoms with van der Waals surface area (Å²) in [4.78, 5) is 15.1. The molecule has 2 aromatic rings. The Hall–Kier alpha value is -2.02. The van der Waals surface area contributed by atoms with Gasteiger partial charge in [-0.15, -0.1) is 0 Å². The first-order chi connectivity index (χ1) is 14.6. The highest BCUT2D eigenvalue weighted by Crippen LogP contribution is 2.22. The van der Waals surface area contributed by atoms with Crippen LogP contribution < -0.4 is 5.32 Å². The summed E-state index contributed by atoms with van der Waals surface area (Å²) in [6, 6.07) is 16.0. The van der Waals surface area contributed by atoms with E-state index in [0.717, 1.165) is 43.6 Å². The molecule has 2 aliphatic rings. The zero-order valence-corrected chi connectivity index (χ0v) is 18.3. The molecule has 1 fully saturated rings. The van der Waals surface area contributed by atoms with Gasteiger partial charge in [-0.05, 0) is 55.0 Å². The van der Waals surface area contributed by atoms with Crippen LogP contribution >= 0.6 is 0 Å². The number of fused-ring (bicyclic) bond motifs is 1. The van der Waals surface area contributed by atoms with E-state index in [1.807, 2.05) is 31.2 Å². The molecule has 2 aliphatic heterocycles. The SMILES string of the molecule is CC(C(=O)Nc1cccc(CS(=O)C2CCOCC2)c1)N1CCc2ccccc2C1. The number of rotatable bonds is 6. The van der Waals surface area contributed by atoms with Crippen LogP contribution in [0, 0.1) is 0 Å². The summed E-state index contributed by atoms with van der Waals surface area (Å²) in [5.41, 5.74) is 4.45. The van der Waals surface area contributed by atoms with E-state index < -0.39 is 10.8 Å². The minimum Gasteiger partial charge on any atom is -0.381 e. The Bertz CT molecular complexity index is 911. The molecular weight excluding hydrogens is 396 g/mol. The monoisotopic (exact) mass is 426 g/mol. The molecule has 0 bridgehead atoms. The standard InChI is InChI=1S/C24H30N2O3S/c1-18(26-12-9-20-6-2-3-7-21(20)16-26)24(27)25-22-8-4-5-19(15-22)17-30(28)23-10-13-29-14-11-23/h2-8,15,18,23H,9-14,16-17H2,1H3,(H,25,27). The van der Waals surface area contributed by atoms with Crippen LogP contribution in [-0.4, -0.2) is 46.1 Å². The maximum absolute atomic E-state index is 12.9. The number of carbonyl (C=O) groups excluding carboxylic acids is 1. The Kier molecular flexibility index (Phi) is 6.97. The van der Waals surface area contributed by atoms with Gasteiger partial charge in [0, 0.05) is 53.8 Å². The first-order valence-electron chi connectivity index (χ1n) is 10.8. The smallest absolute Gasteiger partial charge is 0.241 e. The first-order valence-corrected chi connectivity index (χ1v) is 12.1. The van der Waals surface area contributed by atoms with Crippen molar-refractivity contribution < 1.29 is 13.7 Å². The van der Waals surface area contributed by atoms with Crippen LogP contribution in [0.15, 0.2) is 48.5 Å². The third kappa shape index (κ3) is 5.17. The molecule has 1 amide bonds. The van der Waals surface area contributed by atoms with Gasteiger partial charge in [0.15, 0.2) is 0 Å². The molecule has 2 heterocycles. The second-order valence-corrected chi connectivity index (χ2v) is 9.91. The zero-order chi connectivity index (χ0) is 20.9. The fourth-order valence-electron chi connectivity index (χ4n) is 4.22. The predicted octanol–water partition coefficient (Wildman–Crippen LogP) is 3.50. The van der Waals surface area contributed by atoms with Crippen molar-refractivity contribution in [3.05, 3.63) is 65.2 Å². The van der Waals surface area contributed by atoms with Crippen LogP contribution in [0.4, 0.5) is 5.69 Å². The molecule has 160 valence electrons. The van der Waals surface area contributed by atoms with E-state index in [-0.39, 0.29) is 17.2 Å². The lowest BCUT2D eigenvalue weighted by Crippen LogP contribution is -2.44. The quantitative estimate of drug-likeness (QED) is 0.768. The number of hydrogen-bond donors (Lipinski definition) is 1. The minimum atomic E-state index is -0.913. The first kappa shape index (κ1) is 21.2. The van der Waals surface area contributed by atoms with Crippen LogP contribution in [-0.2, 0) is 39.0 Å². The molecule has 5 nitrogen and oxygen atoms in total. The predicted molar refractivity (Wildman–Crippen MR) is 121 cm³/mol. The fourth-order valence-corrected chi connectivity index (χ4v) is 5.68. The van der Waals surface area contributed by atoms with E-state index in [0.29, 0.717) is 19.0 Å². The summed E-state index contributed by atoms with van der Waals surface area (Å²) in [5.74, 6) is 0.518. The Labute approximate surface area is 181 Å². The zero-order valence-electron chi connectivity index (χ0n) is 17.5. The molecule has 1 N–H and O–H groups in total. The lowest BCUT2D eigenvalue weighted by molar-refractivity contribution is -0.121. The summed E-state index contributed by atoms with van der Waals surface area (Å²) in [6.07, 6.45) is 2.69. The number of nitrogens with one attached hydrogen (secondary N) is 1. The number of nitrogens with zero attached hydrogens (tertiary/aromatic N) is 1. The van der Waals surface area contributed by atoms with Crippen molar-refractivity contribution in [1.29, 1.82) is 0 Å². The normalized spacial score (nSPS) is 19.6. The topological polar surface area (TPSA) is 58.6 Å². The van der Waals surface area contributed by atoms with Crippen molar-refractivity contribution in [3.8, 4) is 0 Å². The van der Waals surface area contributed by atoms with Gasteiger partial charge in [-0.1, -0.05) is 36.4 Å². The van der Waals surface area contributed by atoms with Crippen molar-refractivity contribution >= 4 is 22.4 Å². The molecule has 2 atom stereocenters. The number of benzene rings is 2. The Morgan fingerprint density at radius 3 is 2.73 bits per heavy atom. The van der Waals surface area contributed by atoms with E-state index in [9.17, 15) is 9.00 Å². The number of anilines is 1. The van der Waals surface area contributed by atoms with E-state index in [2.05, 4.69) is 34.5 Å². The molecule has 1 saturated heterocycles. The second-order valence-electron chi connectivity index (χ2n) is 8.19. The third-order valence-electron chi connectivity index (χ3n) is 6.13. The molecule has 0 spiro atoms. The van der Waals surface area contributed by atoms with E-state index >= 15 is 0 Å². The van der Waals surface area contributed by atoms with Gasteiger partial charge in [-0.3, -0.25) is 13.9 Å². The van der Waals surface area contributed by atoms with Gasteiger partial charge in [0.1, 0.15) is 0 Å². The third-order valence-corrected chi connectivity index (χ3v) is 7.96. The van der Waals surface area contributed by atoms with E-state index in [1.54, 1.807) is 0 Å². The summed E-state index contributed by atoms with van der Waals surface area (Å²) in [7, 11) is -0.913. The molecule has 0 aliphatic carbocycles. The van der Waals surface area contributed by atoms with Crippen LogP contribution in [0.3, 0.4) is 0 Å². The number of carbonyl (C=O) groups is 1. The Morgan fingerprint density at radius 2 is 1.93 bits per heavy atom. The molecular formula is C24H30N2O3S. The van der Waals surface area contributed by atoms with Gasteiger partial charge in [0.2, 0.25) is 5.91 Å². The molecule has 6 heteroatoms. The van der Waals surface area contributed by atoms with Gasteiger partial charge in [-0.2, -0.15) is 0 Å². The number of hydrogen-bond acceptors (Lipinski definition) is 4. The summed E-state index contributed by atoms with van der Waals surface area (Å²) >= 11 is 0. The summed E-state index contributed by atoms with van der Waals surface area (Å²) in [5, 5.41) is 3.26. The van der Waals surface area contributed by atoms with E-state index in [4.69, 9.17) is 4.74 Å². The minimum absolute atomic E-state index is 0.00270. The average Bonchev–Trinajstić information content (AvgIpc) is 2.79. The number of ether oxygens (including phenoxy) is 1. The van der Waals surface area contributed by atoms with Crippen molar-refractivity contribution in [1.82, 2.24) is 4.90 Å². The molecule has 0 radical (unpaired) electrons. The van der Waals surface area contributed by atoms with Crippen molar-refractivity contribution in [2.45, 2.75) is 49.8 Å². The van der Waals surface area contributed by atoms with Crippen LogP contribution in [0.25, 0.3) is 0 Å². The Balaban J connectivity index is 1.35. The van der Waals surface area contributed by atoms with Gasteiger partial charge in [0.05, 0.1) is 6.04 Å². The van der Waals surface area contributed by atoms with Crippen LogP contribution in [0.1, 0.15) is 36.5 Å². The molecule has 4 rings (SSSR count).